The van der Waals surface area contributed by atoms with Crippen LogP contribution in [0.2, 0.25) is 5.15 Å². The molecule has 3 heteroatoms. The predicted molar refractivity (Wildman–Crippen MR) is 70.1 cm³/mol. The number of nitrogens with zero attached hydrogens (tertiary/aromatic N) is 1. The van der Waals surface area contributed by atoms with E-state index < -0.39 is 0 Å². The molecule has 3 rings (SSSR count). The first-order valence-corrected chi connectivity index (χ1v) is 6.24. The number of rotatable bonds is 1. The molecule has 78 valence electrons. The minimum atomic E-state index is 0.564. The van der Waals surface area contributed by atoms with Crippen LogP contribution in [0.25, 0.3) is 21.9 Å². The van der Waals surface area contributed by atoms with Gasteiger partial charge in [-0.3, -0.25) is 0 Å². The van der Waals surface area contributed by atoms with Crippen LogP contribution in [-0.4, -0.2) is 4.98 Å². The van der Waals surface area contributed by atoms with E-state index in [1.807, 2.05) is 18.2 Å². The third-order valence-corrected chi connectivity index (χ3v) is 3.57. The molecule has 0 amide bonds. The number of hydrogen-bond donors (Lipinski definition) is 0. The molecule has 0 aliphatic heterocycles. The van der Waals surface area contributed by atoms with Crippen LogP contribution in [0.5, 0.6) is 0 Å². The smallest absolute Gasteiger partial charge is 0.136 e. The first kappa shape index (κ1) is 9.82. The van der Waals surface area contributed by atoms with Crippen molar-refractivity contribution in [1.29, 1.82) is 0 Å². The van der Waals surface area contributed by atoms with E-state index in [2.05, 4.69) is 27.9 Å². The average Bonchev–Trinajstić information content (AvgIpc) is 2.82. The normalized spacial score (nSPS) is 10.8. The highest BCUT2D eigenvalue weighted by Gasteiger charge is 2.06. The van der Waals surface area contributed by atoms with Gasteiger partial charge in [-0.1, -0.05) is 29.8 Å². The molecule has 2 heterocycles. The number of aromatic nitrogens is 1. The SMILES string of the molecule is Clc1nccc2c(-c3ccsc3)cccc12. The highest BCUT2D eigenvalue weighted by Crippen LogP contribution is 2.32. The van der Waals surface area contributed by atoms with E-state index in [4.69, 9.17) is 11.6 Å². The summed E-state index contributed by atoms with van der Waals surface area (Å²) in [6, 6.07) is 10.3. The molecule has 0 aliphatic rings. The van der Waals surface area contributed by atoms with Crippen LogP contribution in [0.3, 0.4) is 0 Å². The van der Waals surface area contributed by atoms with Crippen LogP contribution < -0.4 is 0 Å². The van der Waals surface area contributed by atoms with E-state index in [9.17, 15) is 0 Å². The lowest BCUT2D eigenvalue weighted by Gasteiger charge is -2.05. The Morgan fingerprint density at radius 2 is 2.00 bits per heavy atom. The zero-order valence-electron chi connectivity index (χ0n) is 8.35. The molecular weight excluding hydrogens is 238 g/mol. The third kappa shape index (κ3) is 1.51. The summed E-state index contributed by atoms with van der Waals surface area (Å²) in [7, 11) is 0. The molecule has 0 spiro atoms. The summed E-state index contributed by atoms with van der Waals surface area (Å²) in [5.41, 5.74) is 2.45. The topological polar surface area (TPSA) is 12.9 Å². The average molecular weight is 246 g/mol. The minimum absolute atomic E-state index is 0.564. The number of halogens is 1. The third-order valence-electron chi connectivity index (χ3n) is 2.59. The number of thiophene rings is 1. The number of benzene rings is 1. The quantitative estimate of drug-likeness (QED) is 0.570. The van der Waals surface area contributed by atoms with Gasteiger partial charge in [0, 0.05) is 11.6 Å². The molecule has 0 saturated heterocycles. The lowest BCUT2D eigenvalue weighted by molar-refractivity contribution is 1.36. The van der Waals surface area contributed by atoms with Gasteiger partial charge >= 0.3 is 0 Å². The van der Waals surface area contributed by atoms with E-state index in [0.717, 1.165) is 10.8 Å². The summed E-state index contributed by atoms with van der Waals surface area (Å²) in [4.78, 5) is 4.10. The molecule has 0 atom stereocenters. The number of hydrogen-bond acceptors (Lipinski definition) is 2. The zero-order valence-corrected chi connectivity index (χ0v) is 9.92. The van der Waals surface area contributed by atoms with Crippen molar-refractivity contribution in [3.8, 4) is 11.1 Å². The van der Waals surface area contributed by atoms with Crippen molar-refractivity contribution < 1.29 is 0 Å². The Morgan fingerprint density at radius 3 is 2.81 bits per heavy atom. The highest BCUT2D eigenvalue weighted by atomic mass is 35.5. The molecule has 0 bridgehead atoms. The fourth-order valence-electron chi connectivity index (χ4n) is 1.84. The van der Waals surface area contributed by atoms with Crippen LogP contribution in [0.4, 0.5) is 0 Å². The summed E-state index contributed by atoms with van der Waals surface area (Å²) in [5.74, 6) is 0. The van der Waals surface area contributed by atoms with Crippen molar-refractivity contribution in [2.24, 2.45) is 0 Å². The van der Waals surface area contributed by atoms with E-state index >= 15 is 0 Å². The fourth-order valence-corrected chi connectivity index (χ4v) is 2.72. The van der Waals surface area contributed by atoms with Gasteiger partial charge < -0.3 is 0 Å². The highest BCUT2D eigenvalue weighted by molar-refractivity contribution is 7.08. The van der Waals surface area contributed by atoms with Gasteiger partial charge in [0.05, 0.1) is 0 Å². The zero-order chi connectivity index (χ0) is 11.0. The summed E-state index contributed by atoms with van der Waals surface area (Å²) < 4.78 is 0. The van der Waals surface area contributed by atoms with Crippen LogP contribution in [-0.2, 0) is 0 Å². The molecule has 2 aromatic heterocycles. The molecule has 0 aliphatic carbocycles. The largest absolute Gasteiger partial charge is 0.244 e. The van der Waals surface area contributed by atoms with Crippen molar-refractivity contribution in [2.75, 3.05) is 0 Å². The van der Waals surface area contributed by atoms with Crippen LogP contribution in [0, 0.1) is 0 Å². The Labute approximate surface area is 102 Å². The molecular formula is C13H8ClNS. The number of fused-ring (bicyclic) bond motifs is 1. The van der Waals surface area contributed by atoms with E-state index in [0.29, 0.717) is 5.15 Å². The molecule has 0 unspecified atom stereocenters. The second-order valence-corrected chi connectivity index (χ2v) is 4.65. The second-order valence-electron chi connectivity index (χ2n) is 3.51. The molecule has 0 saturated carbocycles. The molecule has 0 fully saturated rings. The monoisotopic (exact) mass is 245 g/mol. The van der Waals surface area contributed by atoms with Gasteiger partial charge in [-0.15, -0.1) is 0 Å². The van der Waals surface area contributed by atoms with Gasteiger partial charge in [-0.05, 0) is 39.4 Å². The van der Waals surface area contributed by atoms with Gasteiger partial charge in [0.25, 0.3) is 0 Å². The van der Waals surface area contributed by atoms with Crippen molar-refractivity contribution in [3.05, 3.63) is 52.4 Å². The van der Waals surface area contributed by atoms with Gasteiger partial charge in [-0.25, -0.2) is 4.98 Å². The lowest BCUT2D eigenvalue weighted by atomic mass is 10.0. The Kier molecular flexibility index (Phi) is 2.39. The Bertz CT molecular complexity index is 631. The molecule has 0 N–H and O–H groups in total. The fraction of sp³-hybridized carbons (Fsp3) is 0. The molecule has 1 nitrogen and oxygen atoms in total. The van der Waals surface area contributed by atoms with Gasteiger partial charge in [0.15, 0.2) is 0 Å². The summed E-state index contributed by atoms with van der Waals surface area (Å²) in [6.45, 7) is 0. The first-order valence-electron chi connectivity index (χ1n) is 4.92. The maximum atomic E-state index is 6.08. The predicted octanol–water partition coefficient (Wildman–Crippen LogP) is 4.62. The van der Waals surface area contributed by atoms with Gasteiger partial charge in [-0.2, -0.15) is 11.3 Å². The van der Waals surface area contributed by atoms with Crippen LogP contribution >= 0.6 is 22.9 Å². The Balaban J connectivity index is 2.38. The van der Waals surface area contributed by atoms with Gasteiger partial charge in [0.1, 0.15) is 5.15 Å². The summed E-state index contributed by atoms with van der Waals surface area (Å²) in [5, 5.41) is 6.95. The molecule has 3 aromatic rings. The van der Waals surface area contributed by atoms with Crippen molar-refractivity contribution in [3.63, 3.8) is 0 Å². The standard InChI is InChI=1S/C13H8ClNS/c14-13-12-3-1-2-10(9-5-7-16-8-9)11(12)4-6-15-13/h1-8H. The van der Waals surface area contributed by atoms with Crippen LogP contribution in [0.1, 0.15) is 0 Å². The Hall–Kier alpha value is -1.38. The van der Waals surface area contributed by atoms with Crippen LogP contribution in [0.15, 0.2) is 47.3 Å². The Morgan fingerprint density at radius 1 is 1.06 bits per heavy atom. The maximum absolute atomic E-state index is 6.08. The van der Waals surface area contributed by atoms with Crippen molar-refractivity contribution in [1.82, 2.24) is 4.98 Å². The summed E-state index contributed by atoms with van der Waals surface area (Å²) >= 11 is 7.78. The van der Waals surface area contributed by atoms with Gasteiger partial charge in [0.2, 0.25) is 0 Å². The minimum Gasteiger partial charge on any atom is -0.244 e. The van der Waals surface area contributed by atoms with Crippen molar-refractivity contribution >= 4 is 33.7 Å². The number of pyridine rings is 1. The summed E-state index contributed by atoms with van der Waals surface area (Å²) in [6.07, 6.45) is 1.75. The van der Waals surface area contributed by atoms with Crippen molar-refractivity contribution in [2.45, 2.75) is 0 Å². The maximum Gasteiger partial charge on any atom is 0.136 e. The first-order chi connectivity index (χ1) is 7.86. The lowest BCUT2D eigenvalue weighted by Crippen LogP contribution is -1.82. The molecule has 16 heavy (non-hydrogen) atoms. The van der Waals surface area contributed by atoms with E-state index in [1.54, 1.807) is 17.5 Å². The van der Waals surface area contributed by atoms with E-state index in [-0.39, 0.29) is 0 Å². The second kappa shape index (κ2) is 3.89. The molecule has 1 aromatic carbocycles. The molecule has 0 radical (unpaired) electrons. The van der Waals surface area contributed by atoms with E-state index in [1.165, 1.54) is 11.1 Å².